The van der Waals surface area contributed by atoms with Gasteiger partial charge in [-0.15, -0.1) is 0 Å². The fourth-order valence-corrected chi connectivity index (χ4v) is 7.77. The molecule has 0 radical (unpaired) electrons. The number of aromatic hydroxyl groups is 2. The van der Waals surface area contributed by atoms with E-state index in [1.165, 1.54) is 58.5 Å². The number of thioether (sulfide) groups is 2. The maximum atomic E-state index is 9.57. The van der Waals surface area contributed by atoms with Crippen molar-refractivity contribution in [1.82, 2.24) is 0 Å². The van der Waals surface area contributed by atoms with E-state index in [9.17, 15) is 10.2 Å². The molecule has 0 aliphatic heterocycles. The van der Waals surface area contributed by atoms with Crippen molar-refractivity contribution >= 4 is 45.1 Å². The van der Waals surface area contributed by atoms with Gasteiger partial charge in [-0.3, -0.25) is 0 Å². The van der Waals surface area contributed by atoms with Gasteiger partial charge in [-0.25, -0.2) is 0 Å². The van der Waals surface area contributed by atoms with Crippen LogP contribution in [0.15, 0.2) is 36.4 Å². The van der Waals surface area contributed by atoms with Gasteiger partial charge in [-0.05, 0) is 85.4 Å². The maximum absolute atomic E-state index is 9.57. The van der Waals surface area contributed by atoms with Crippen LogP contribution < -0.4 is 0 Å². The van der Waals surface area contributed by atoms with Crippen molar-refractivity contribution in [3.63, 3.8) is 0 Å². The summed E-state index contributed by atoms with van der Waals surface area (Å²) in [6, 6.07) is 11.9. The van der Waals surface area contributed by atoms with Crippen LogP contribution in [-0.4, -0.2) is 44.7 Å². The van der Waals surface area contributed by atoms with E-state index in [1.54, 1.807) is 12.1 Å². The summed E-state index contributed by atoms with van der Waals surface area (Å²) in [5, 5.41) is 19.1. The Balaban J connectivity index is 1.34. The largest absolute Gasteiger partial charge is 0.508 e. The molecule has 0 fully saturated rings. The monoisotopic (exact) mass is 482 g/mol. The second-order valence-electron chi connectivity index (χ2n) is 7.32. The van der Waals surface area contributed by atoms with Crippen LogP contribution in [-0.2, 0) is 12.8 Å². The summed E-state index contributed by atoms with van der Waals surface area (Å²) in [7, 11) is 4.01. The smallest absolute Gasteiger partial charge is 0.118 e. The fourth-order valence-electron chi connectivity index (χ4n) is 3.01. The van der Waals surface area contributed by atoms with Gasteiger partial charge in [0.25, 0.3) is 0 Å². The molecule has 2 aromatic rings. The zero-order chi connectivity index (χ0) is 21.6. The zero-order valence-corrected chi connectivity index (χ0v) is 21.3. The summed E-state index contributed by atoms with van der Waals surface area (Å²) >= 11 is 4.10. The normalized spacial score (nSPS) is 11.1. The van der Waals surface area contributed by atoms with Crippen molar-refractivity contribution in [2.45, 2.75) is 39.5 Å². The summed E-state index contributed by atoms with van der Waals surface area (Å²) in [6.45, 7) is 3.92. The van der Waals surface area contributed by atoms with Gasteiger partial charge in [-0.2, -0.15) is 23.5 Å². The molecule has 0 spiro atoms. The highest BCUT2D eigenvalue weighted by Gasteiger charge is 2.00. The van der Waals surface area contributed by atoms with Crippen LogP contribution in [0.1, 0.15) is 35.1 Å². The lowest BCUT2D eigenvalue weighted by Crippen LogP contribution is -1.92. The molecule has 0 heterocycles. The average molecular weight is 483 g/mol. The molecule has 0 aromatic heterocycles. The Hall–Kier alpha value is -0.560. The third-order valence-corrected chi connectivity index (χ3v) is 9.80. The number of hydrogen-bond acceptors (Lipinski definition) is 6. The summed E-state index contributed by atoms with van der Waals surface area (Å²) in [6.07, 6.45) is 4.60. The van der Waals surface area contributed by atoms with Crippen molar-refractivity contribution in [2.24, 2.45) is 0 Å². The molecule has 0 aliphatic carbocycles. The van der Waals surface area contributed by atoms with Crippen molar-refractivity contribution in [3.8, 4) is 11.5 Å². The van der Waals surface area contributed by atoms with Crippen LogP contribution in [0.4, 0.5) is 0 Å². The van der Waals surface area contributed by atoms with Gasteiger partial charge < -0.3 is 10.2 Å². The number of phenolic OH excluding ortho intramolecular Hbond substituents is 2. The van der Waals surface area contributed by atoms with Crippen molar-refractivity contribution in [3.05, 3.63) is 58.7 Å². The van der Waals surface area contributed by atoms with Crippen molar-refractivity contribution in [1.29, 1.82) is 0 Å². The van der Waals surface area contributed by atoms with E-state index < -0.39 is 0 Å². The van der Waals surface area contributed by atoms with E-state index in [0.29, 0.717) is 11.5 Å². The highest BCUT2D eigenvalue weighted by atomic mass is 33.1. The third kappa shape index (κ3) is 10.7. The minimum absolute atomic E-state index is 0.394. The quantitative estimate of drug-likeness (QED) is 0.208. The van der Waals surface area contributed by atoms with Crippen LogP contribution in [0, 0.1) is 13.8 Å². The lowest BCUT2D eigenvalue weighted by molar-refractivity contribution is 0.470. The minimum Gasteiger partial charge on any atom is -0.508 e. The van der Waals surface area contributed by atoms with E-state index in [4.69, 9.17) is 0 Å². The third-order valence-electron chi connectivity index (χ3n) is 4.74. The Labute approximate surface area is 198 Å². The lowest BCUT2D eigenvalue weighted by atomic mass is 10.1. The number of aryl methyl sites for hydroxylation is 4. The molecule has 0 saturated carbocycles. The maximum Gasteiger partial charge on any atom is 0.118 e. The minimum atomic E-state index is 0.394. The first-order valence-electron chi connectivity index (χ1n) is 10.5. The second-order valence-corrected chi connectivity index (χ2v) is 12.5. The van der Waals surface area contributed by atoms with E-state index in [2.05, 4.69) is 35.7 Å². The predicted octanol–water partition coefficient (Wildman–Crippen LogP) is 7.13. The van der Waals surface area contributed by atoms with Gasteiger partial charge in [0, 0.05) is 23.0 Å². The van der Waals surface area contributed by atoms with Gasteiger partial charge in [-0.1, -0.05) is 45.9 Å². The summed E-state index contributed by atoms with van der Waals surface area (Å²) in [5.41, 5.74) is 4.59. The highest BCUT2D eigenvalue weighted by Crippen LogP contribution is 2.24. The van der Waals surface area contributed by atoms with Crippen LogP contribution in [0.5, 0.6) is 11.5 Å². The molecular formula is C24H34O2S4. The Morgan fingerprint density at radius 1 is 0.600 bits per heavy atom. The topological polar surface area (TPSA) is 40.5 Å². The van der Waals surface area contributed by atoms with Crippen LogP contribution in [0.2, 0.25) is 0 Å². The van der Waals surface area contributed by atoms with E-state index in [0.717, 1.165) is 24.0 Å². The van der Waals surface area contributed by atoms with Crippen molar-refractivity contribution in [2.75, 3.05) is 34.5 Å². The molecule has 0 unspecified atom stereocenters. The Bertz CT molecular complexity index is 688. The van der Waals surface area contributed by atoms with Crippen LogP contribution in [0.25, 0.3) is 0 Å². The molecular weight excluding hydrogens is 449 g/mol. The molecule has 0 atom stereocenters. The standard InChI is InChI=1S/C24H34O2S4/c1-19-17-21(7-9-23(19)25)5-3-11-27-13-15-29-30-16-14-28-12-4-6-22-8-10-24(26)20(2)18-22/h7-10,17-18,25-26H,3-6,11-16H2,1-2H3. The Morgan fingerprint density at radius 3 is 1.43 bits per heavy atom. The summed E-state index contributed by atoms with van der Waals surface area (Å²) in [5.74, 6) is 8.10. The SMILES string of the molecule is Cc1cc(CCCSCCSSCCSCCCc2ccc(O)c(C)c2)ccc1O. The number of hydrogen-bond donors (Lipinski definition) is 2. The second kappa shape index (κ2) is 15.3. The molecule has 2 aromatic carbocycles. The lowest BCUT2D eigenvalue weighted by Gasteiger charge is -2.05. The summed E-state index contributed by atoms with van der Waals surface area (Å²) < 4.78 is 0. The van der Waals surface area contributed by atoms with E-state index in [1.807, 2.05) is 47.6 Å². The number of benzene rings is 2. The van der Waals surface area contributed by atoms with Gasteiger partial charge in [0.2, 0.25) is 0 Å². The predicted molar refractivity (Wildman–Crippen MR) is 142 cm³/mol. The molecule has 2 N–H and O–H groups in total. The molecule has 6 heteroatoms. The number of rotatable bonds is 15. The first-order chi connectivity index (χ1) is 14.6. The molecule has 30 heavy (non-hydrogen) atoms. The van der Waals surface area contributed by atoms with Crippen molar-refractivity contribution < 1.29 is 10.2 Å². The summed E-state index contributed by atoms with van der Waals surface area (Å²) in [4.78, 5) is 0. The van der Waals surface area contributed by atoms with Gasteiger partial charge >= 0.3 is 0 Å². The Morgan fingerprint density at radius 2 is 1.03 bits per heavy atom. The molecule has 166 valence electrons. The first kappa shape index (κ1) is 25.7. The first-order valence-corrected chi connectivity index (χ1v) is 15.3. The number of phenols is 2. The zero-order valence-electron chi connectivity index (χ0n) is 18.1. The highest BCUT2D eigenvalue weighted by molar-refractivity contribution is 8.76. The molecule has 0 amide bonds. The molecule has 2 nitrogen and oxygen atoms in total. The van der Waals surface area contributed by atoms with E-state index in [-0.39, 0.29) is 0 Å². The van der Waals surface area contributed by atoms with E-state index >= 15 is 0 Å². The van der Waals surface area contributed by atoms with Crippen LogP contribution in [0.3, 0.4) is 0 Å². The van der Waals surface area contributed by atoms with Crippen LogP contribution >= 0.6 is 45.1 Å². The van der Waals surface area contributed by atoms with Gasteiger partial charge in [0.1, 0.15) is 11.5 Å². The molecule has 2 rings (SSSR count). The van der Waals surface area contributed by atoms with Gasteiger partial charge in [0.15, 0.2) is 0 Å². The van der Waals surface area contributed by atoms with Gasteiger partial charge in [0.05, 0.1) is 0 Å². The average Bonchev–Trinajstić information content (AvgIpc) is 2.73. The molecule has 0 bridgehead atoms. The molecule has 0 saturated heterocycles. The fraction of sp³-hybridized carbons (Fsp3) is 0.500. The molecule has 0 aliphatic rings. The Kier molecular flexibility index (Phi) is 13.1.